The van der Waals surface area contributed by atoms with Crippen LogP contribution in [0.5, 0.6) is 0 Å². The lowest BCUT2D eigenvalue weighted by Crippen LogP contribution is -2.61. The predicted molar refractivity (Wildman–Crippen MR) is 307 cm³/mol. The van der Waals surface area contributed by atoms with Gasteiger partial charge in [-0.25, -0.2) is 0 Å². The van der Waals surface area contributed by atoms with Crippen molar-refractivity contribution >= 4 is 87.8 Å². The molecule has 6 amide bonds. The van der Waals surface area contributed by atoms with Crippen LogP contribution in [0.2, 0.25) is 75.5 Å². The Balaban J connectivity index is 8.71. The van der Waals surface area contributed by atoms with Crippen molar-refractivity contribution < 1.29 is 212 Å². The Morgan fingerprint density at radius 3 is 0.648 bits per heavy atom. The molecule has 0 fully saturated rings. The molecule has 6 N–H and O–H groups in total. The fourth-order valence-corrected chi connectivity index (χ4v) is 35.9. The van der Waals surface area contributed by atoms with E-state index in [0.29, 0.717) is 0 Å². The molecule has 0 aliphatic carbocycles. The second-order valence-electron chi connectivity index (χ2n) is 24.3. The number of halogens is 36. The summed E-state index contributed by atoms with van der Waals surface area (Å²) in [4.78, 5) is 74.0. The van der Waals surface area contributed by atoms with E-state index in [1.807, 2.05) is 0 Å². The van der Waals surface area contributed by atoms with Gasteiger partial charge in [0.25, 0.3) is 0 Å². The SMILES string of the molecule is C[SiH](CCCNC(=O)C(C(F)(F)F)C(F)(F)F)OO[Si](C)(CCCNC(=O)C(C(F)(F)F)C(F)(F)F)O[Si](C)(CCCNC(=O)C(C(F)(F)F)C(F)(F)F)O[Si](C)(CCCNC(=O)C(C(F)(F)F)C(F)(F)F)O[Si](C)(CCCNC(=O)C(C(F)(F)F)C(F)(F)F)O[SiH](C)CCCNC(=O)C(C(F)(F)F)C(F)(F)F. The standard InChI is InChI=1S/C48H68F36N6O12Si6/c1-103(19-7-13-85-31(91)25(37(49,50)51)38(52,53)54)97-98-105(3,21-9-15-87-33(93)27(41(61,62)63)42(64,65)66)100-107(5,23-11-17-89-35(95)29(45(73,74)75)46(76,77)78)102-108(6,24-12-18-90-36(96)30(47(79,80)81)48(82,83)84)101-106(4,22-10-16-88-34(94)28(43(67,68)69)44(70,71)72)99-104(2)20-8-14-86-32(92)26(39(55,56)57)40(58,59)60/h25-30,103-104H,7-24H2,1-6H3,(H,85,91)(H,86,92)(H,87,93)(H,88,94)(H,89,95)(H,90,96). The van der Waals surface area contributed by atoms with E-state index in [2.05, 4.69) is 0 Å². The number of hydrogen-bond donors (Lipinski definition) is 6. The minimum atomic E-state index is -6.41. The molecule has 108 heavy (non-hydrogen) atoms. The molecule has 18 nitrogen and oxygen atoms in total. The normalized spacial score (nSPS) is 16.8. The van der Waals surface area contributed by atoms with Crippen molar-refractivity contribution in [2.45, 2.75) is 188 Å². The Kier molecular flexibility index (Phi) is 37.7. The number of carbonyl (C=O) groups excluding carboxylic acids is 6. The van der Waals surface area contributed by atoms with Crippen LogP contribution < -0.4 is 31.9 Å². The summed E-state index contributed by atoms with van der Waals surface area (Å²) in [6.45, 7) is -2.06. The predicted octanol–water partition coefficient (Wildman–Crippen LogP) is 13.5. The molecule has 0 aromatic rings. The Bertz CT molecular complexity index is 2780. The van der Waals surface area contributed by atoms with Crippen LogP contribution in [-0.4, -0.2) is 201 Å². The first-order valence-electron chi connectivity index (χ1n) is 30.5. The molecule has 0 aromatic carbocycles. The highest BCUT2D eigenvalue weighted by molar-refractivity contribution is 6.89. The van der Waals surface area contributed by atoms with Crippen molar-refractivity contribution in [2.75, 3.05) is 39.3 Å². The van der Waals surface area contributed by atoms with Crippen molar-refractivity contribution in [1.29, 1.82) is 0 Å². The summed E-state index contributed by atoms with van der Waals surface area (Å²) in [5.41, 5.74) is 0. The quantitative estimate of drug-likeness (QED) is 0.0110. The van der Waals surface area contributed by atoms with Gasteiger partial charge in [0.05, 0.1) is 0 Å². The van der Waals surface area contributed by atoms with Gasteiger partial charge < -0.3 is 48.4 Å². The van der Waals surface area contributed by atoms with E-state index in [4.69, 9.17) is 25.6 Å². The molecular formula is C48H68F36N6O12Si6. The van der Waals surface area contributed by atoms with Crippen molar-refractivity contribution in [2.24, 2.45) is 35.5 Å². The van der Waals surface area contributed by atoms with Crippen LogP contribution in [0.4, 0.5) is 158 Å². The third kappa shape index (κ3) is 36.9. The van der Waals surface area contributed by atoms with Gasteiger partial charge >= 0.3 is 108 Å². The third-order valence-corrected chi connectivity index (χ3v) is 36.8. The lowest BCUT2D eigenvalue weighted by molar-refractivity contribution is -0.276. The summed E-state index contributed by atoms with van der Waals surface area (Å²) in [5.74, 6) is -44.9. The molecule has 0 aromatic heterocycles. The first kappa shape index (κ1) is 103. The third-order valence-electron chi connectivity index (χ3n) is 14.2. The lowest BCUT2D eigenvalue weighted by atomic mass is 10.1. The number of alkyl halides is 36. The fourth-order valence-electron chi connectivity index (χ4n) is 9.77. The van der Waals surface area contributed by atoms with E-state index in [-0.39, 0.29) is 0 Å². The largest absolute Gasteiger partial charge is 0.439 e. The van der Waals surface area contributed by atoms with Gasteiger partial charge in [-0.2, -0.15) is 158 Å². The Morgan fingerprint density at radius 1 is 0.269 bits per heavy atom. The molecule has 60 heteroatoms. The van der Waals surface area contributed by atoms with Gasteiger partial charge in [0.1, 0.15) is 0 Å². The van der Waals surface area contributed by atoms with E-state index in [9.17, 15) is 187 Å². The van der Waals surface area contributed by atoms with Gasteiger partial charge in [-0.05, 0) is 114 Å². The van der Waals surface area contributed by atoms with Crippen molar-refractivity contribution in [3.8, 4) is 0 Å². The minimum absolute atomic E-state index is 0.519. The first-order chi connectivity index (χ1) is 47.9. The highest BCUT2D eigenvalue weighted by Gasteiger charge is 2.66. The molecule has 6 atom stereocenters. The Hall–Kier alpha value is -4.64. The fraction of sp³-hybridized carbons (Fsp3) is 0.875. The second-order valence-corrected chi connectivity index (χ2v) is 43.5. The molecule has 0 bridgehead atoms. The second kappa shape index (κ2) is 39.4. The van der Waals surface area contributed by atoms with Crippen LogP contribution in [0, 0.1) is 35.5 Å². The van der Waals surface area contributed by atoms with Crippen LogP contribution in [0.15, 0.2) is 0 Å². The number of rotatable bonds is 41. The van der Waals surface area contributed by atoms with Crippen molar-refractivity contribution in [3.63, 3.8) is 0 Å². The zero-order valence-electron chi connectivity index (χ0n) is 55.9. The molecule has 0 aliphatic rings. The lowest BCUT2D eigenvalue weighted by Gasteiger charge is -2.45. The van der Waals surface area contributed by atoms with Gasteiger partial charge in [0, 0.05) is 39.3 Å². The van der Waals surface area contributed by atoms with Crippen LogP contribution in [-0.2, 0) is 54.4 Å². The molecule has 0 heterocycles. The van der Waals surface area contributed by atoms with Gasteiger partial charge in [0.2, 0.25) is 80.0 Å². The molecular weight excluding hydrogens is 1710 g/mol. The average molecular weight is 1770 g/mol. The Morgan fingerprint density at radius 2 is 0.435 bits per heavy atom. The molecule has 638 valence electrons. The molecule has 0 saturated carbocycles. The van der Waals surface area contributed by atoms with Crippen molar-refractivity contribution in [3.05, 3.63) is 0 Å². The molecule has 0 rings (SSSR count). The van der Waals surface area contributed by atoms with Gasteiger partial charge in [-0.15, -0.1) is 0 Å². The first-order valence-corrected chi connectivity index (χ1v) is 45.5. The van der Waals surface area contributed by atoms with Crippen molar-refractivity contribution in [1.82, 2.24) is 31.9 Å². The maximum absolute atomic E-state index is 13.6. The zero-order chi connectivity index (χ0) is 85.3. The van der Waals surface area contributed by atoms with E-state index in [0.717, 1.165) is 39.3 Å². The number of hydrogen-bond acceptors (Lipinski definition) is 12. The van der Waals surface area contributed by atoms with E-state index in [1.165, 1.54) is 31.9 Å². The van der Waals surface area contributed by atoms with Crippen LogP contribution >= 0.6 is 0 Å². The highest BCUT2D eigenvalue weighted by atomic mass is 28.5. The zero-order valence-corrected chi connectivity index (χ0v) is 62.2. The molecule has 0 aliphatic heterocycles. The van der Waals surface area contributed by atoms with Crippen LogP contribution in [0.1, 0.15) is 38.5 Å². The topological polar surface area (TPSA) is 230 Å². The average Bonchev–Trinajstić information content (AvgIpc) is 0.780. The summed E-state index contributed by atoms with van der Waals surface area (Å²) >= 11 is 0. The highest BCUT2D eigenvalue weighted by Crippen LogP contribution is 2.46. The minimum Gasteiger partial charge on any atom is -0.439 e. The molecule has 0 spiro atoms. The van der Waals surface area contributed by atoms with E-state index < -0.39 is 311 Å². The summed E-state index contributed by atoms with van der Waals surface area (Å²) in [6.07, 6.45) is -81.3. The van der Waals surface area contributed by atoms with E-state index >= 15 is 0 Å². The van der Waals surface area contributed by atoms with Gasteiger partial charge in [-0.3, -0.25) is 37.9 Å². The van der Waals surface area contributed by atoms with Crippen LogP contribution in [0.3, 0.4) is 0 Å². The van der Waals surface area contributed by atoms with E-state index in [1.54, 1.807) is 0 Å². The monoisotopic (exact) mass is 1770 g/mol. The molecule has 6 unspecified atom stereocenters. The summed E-state index contributed by atoms with van der Waals surface area (Å²) in [5, 5.41) is 7.79. The maximum atomic E-state index is 13.6. The number of carbonyl (C=O) groups is 6. The molecule has 0 saturated heterocycles. The van der Waals surface area contributed by atoms with Gasteiger partial charge in [0.15, 0.2) is 9.04 Å². The Labute approximate surface area is 593 Å². The summed E-state index contributed by atoms with van der Waals surface area (Å²) in [7, 11) is -27.1. The number of nitrogens with one attached hydrogen (secondary N) is 6. The number of amides is 6. The maximum Gasteiger partial charge on any atom is 0.409 e. The van der Waals surface area contributed by atoms with Crippen LogP contribution in [0.25, 0.3) is 0 Å². The van der Waals surface area contributed by atoms with Gasteiger partial charge in [-0.1, -0.05) is 0 Å². The molecule has 0 radical (unpaired) electrons. The summed E-state index contributed by atoms with van der Waals surface area (Å²) < 4.78 is 521. The summed E-state index contributed by atoms with van der Waals surface area (Å²) in [6, 6.07) is -5.22. The smallest absolute Gasteiger partial charge is 0.409 e.